The Labute approximate surface area is 234 Å². The summed E-state index contributed by atoms with van der Waals surface area (Å²) in [6, 6.07) is 6.48. The number of fused-ring (bicyclic) bond motifs is 3. The Morgan fingerprint density at radius 1 is 1.15 bits per heavy atom. The first-order valence-corrected chi connectivity index (χ1v) is 14.3. The first-order chi connectivity index (χ1) is 19.1. The topological polar surface area (TPSA) is 141 Å². The van der Waals surface area contributed by atoms with Crippen molar-refractivity contribution in [1.82, 2.24) is 30.5 Å². The average molecular weight is 549 g/mol. The molecule has 0 aliphatic heterocycles. The van der Waals surface area contributed by atoms with E-state index in [0.29, 0.717) is 36.2 Å². The van der Waals surface area contributed by atoms with Crippen LogP contribution in [0.15, 0.2) is 30.5 Å². The number of carbonyl (C=O) groups excluding carboxylic acids is 2. The van der Waals surface area contributed by atoms with Gasteiger partial charge in [-0.1, -0.05) is 38.5 Å². The highest BCUT2D eigenvalue weighted by Crippen LogP contribution is 2.44. The fraction of sp³-hybridized carbons (Fsp3) is 0.533. The number of carbonyl (C=O) groups is 3. The molecule has 2 aliphatic rings. The van der Waals surface area contributed by atoms with E-state index in [9.17, 15) is 19.5 Å². The number of aromatic nitrogens is 3. The van der Waals surface area contributed by atoms with E-state index in [2.05, 4.69) is 25.9 Å². The number of amides is 3. The first-order valence-electron chi connectivity index (χ1n) is 14.3. The van der Waals surface area contributed by atoms with E-state index in [1.54, 1.807) is 6.92 Å². The number of aromatic amines is 1. The highest BCUT2D eigenvalue weighted by atomic mass is 16.4. The second-order valence-electron chi connectivity index (χ2n) is 12.0. The van der Waals surface area contributed by atoms with Crippen LogP contribution < -0.4 is 16.0 Å². The van der Waals surface area contributed by atoms with Gasteiger partial charge in [0.1, 0.15) is 11.9 Å². The maximum atomic E-state index is 13.7. The van der Waals surface area contributed by atoms with E-state index >= 15 is 0 Å². The molecule has 0 spiro atoms. The largest absolute Gasteiger partial charge is 0.476 e. The van der Waals surface area contributed by atoms with Crippen molar-refractivity contribution >= 4 is 28.8 Å². The molecule has 3 unspecified atom stereocenters. The van der Waals surface area contributed by atoms with Gasteiger partial charge in [0.2, 0.25) is 5.91 Å². The van der Waals surface area contributed by atoms with Crippen molar-refractivity contribution in [3.05, 3.63) is 53.2 Å². The van der Waals surface area contributed by atoms with E-state index in [1.165, 1.54) is 12.8 Å². The van der Waals surface area contributed by atoms with E-state index in [4.69, 9.17) is 0 Å². The molecule has 0 radical (unpaired) electrons. The lowest BCUT2D eigenvalue weighted by Crippen LogP contribution is -2.53. The summed E-state index contributed by atoms with van der Waals surface area (Å²) in [6.07, 6.45) is 7.47. The third kappa shape index (κ3) is 5.85. The molecule has 0 saturated heterocycles. The molecule has 2 bridgehead atoms. The fourth-order valence-electron chi connectivity index (χ4n) is 6.65. The van der Waals surface area contributed by atoms with Crippen molar-refractivity contribution in [2.75, 3.05) is 0 Å². The third-order valence-electron chi connectivity index (χ3n) is 8.54. The number of imidazole rings is 1. The summed E-state index contributed by atoms with van der Waals surface area (Å²) >= 11 is 0. The van der Waals surface area contributed by atoms with Gasteiger partial charge in [-0.05, 0) is 62.0 Å². The highest BCUT2D eigenvalue weighted by Gasteiger charge is 2.40. The zero-order chi connectivity index (χ0) is 28.6. The molecular weight excluding hydrogens is 508 g/mol. The quantitative estimate of drug-likeness (QED) is 0.258. The van der Waals surface area contributed by atoms with Crippen molar-refractivity contribution < 1.29 is 19.5 Å². The molecule has 3 amide bonds. The molecule has 10 heteroatoms. The van der Waals surface area contributed by atoms with Crippen molar-refractivity contribution in [3.63, 3.8) is 0 Å². The van der Waals surface area contributed by atoms with Gasteiger partial charge in [0.05, 0.1) is 6.04 Å². The summed E-state index contributed by atoms with van der Waals surface area (Å²) in [5.74, 6) is 0.307. The van der Waals surface area contributed by atoms with Gasteiger partial charge in [-0.3, -0.25) is 4.79 Å². The van der Waals surface area contributed by atoms with Crippen LogP contribution in [0, 0.1) is 24.7 Å². The minimum absolute atomic E-state index is 0.0748. The molecule has 40 heavy (non-hydrogen) atoms. The second-order valence-corrected chi connectivity index (χ2v) is 12.0. The molecule has 2 heterocycles. The highest BCUT2D eigenvalue weighted by molar-refractivity contribution is 5.88. The van der Waals surface area contributed by atoms with Crippen LogP contribution in [0.4, 0.5) is 4.79 Å². The van der Waals surface area contributed by atoms with Gasteiger partial charge < -0.3 is 30.6 Å². The number of carboxylic acid groups (broad SMARTS) is 1. The van der Waals surface area contributed by atoms with Crippen LogP contribution in [0.25, 0.3) is 10.9 Å². The lowest BCUT2D eigenvalue weighted by Gasteiger charge is -2.27. The van der Waals surface area contributed by atoms with Crippen molar-refractivity contribution in [3.8, 4) is 0 Å². The summed E-state index contributed by atoms with van der Waals surface area (Å²) in [7, 11) is 1.97. The molecule has 2 fully saturated rings. The SMILES string of the molecule is Cc1[nH]c([C@@H](Cc2cn(C)c3ccccc23)NC(=O)[C@H](CC(C)C)NC(=O)NC2CC3CCC2C3)nc1C(=O)O. The van der Waals surface area contributed by atoms with Crippen LogP contribution in [-0.4, -0.2) is 49.6 Å². The Kier molecular flexibility index (Phi) is 7.87. The summed E-state index contributed by atoms with van der Waals surface area (Å²) in [4.78, 5) is 45.9. The van der Waals surface area contributed by atoms with Crippen molar-refractivity contribution in [2.45, 2.75) is 77.4 Å². The van der Waals surface area contributed by atoms with Crippen LogP contribution in [-0.2, 0) is 18.3 Å². The Morgan fingerprint density at radius 3 is 2.58 bits per heavy atom. The molecule has 214 valence electrons. The number of urea groups is 1. The lowest BCUT2D eigenvalue weighted by molar-refractivity contribution is -0.124. The number of hydrogen-bond donors (Lipinski definition) is 5. The number of aryl methyl sites for hydroxylation is 2. The first kappa shape index (κ1) is 27.7. The van der Waals surface area contributed by atoms with E-state index < -0.39 is 18.1 Å². The van der Waals surface area contributed by atoms with E-state index in [1.807, 2.05) is 55.9 Å². The predicted molar refractivity (Wildman–Crippen MR) is 152 cm³/mol. The maximum Gasteiger partial charge on any atom is 0.356 e. The Morgan fingerprint density at radius 2 is 1.93 bits per heavy atom. The average Bonchev–Trinajstić information content (AvgIpc) is 3.67. The molecule has 10 nitrogen and oxygen atoms in total. The zero-order valence-electron chi connectivity index (χ0n) is 23.7. The molecular formula is C30H40N6O4. The Balaban J connectivity index is 1.37. The van der Waals surface area contributed by atoms with E-state index in [-0.39, 0.29) is 29.6 Å². The minimum Gasteiger partial charge on any atom is -0.476 e. The van der Waals surface area contributed by atoms with Crippen LogP contribution in [0.3, 0.4) is 0 Å². The molecule has 5 rings (SSSR count). The minimum atomic E-state index is -1.13. The lowest BCUT2D eigenvalue weighted by atomic mass is 9.95. The predicted octanol–water partition coefficient (Wildman–Crippen LogP) is 4.21. The molecule has 5 atom stereocenters. The standard InChI is InChI=1S/C30H40N6O4/c1-16(2)11-24(34-30(40)33-22-13-18-9-10-19(22)12-18)28(37)32-23(27-31-17(3)26(35-27)29(38)39)14-20-15-36(4)25-8-6-5-7-21(20)25/h5-8,15-16,18-19,22-24H,9-14H2,1-4H3,(H,31,35)(H,32,37)(H,38,39)(H2,33,34,40)/t18?,19?,22?,23-,24+/m1/s1. The summed E-state index contributed by atoms with van der Waals surface area (Å²) in [5, 5.41) is 19.8. The van der Waals surface area contributed by atoms with E-state index in [0.717, 1.165) is 29.3 Å². The fourth-order valence-corrected chi connectivity index (χ4v) is 6.65. The van der Waals surface area contributed by atoms with Crippen LogP contribution in [0.5, 0.6) is 0 Å². The molecule has 5 N–H and O–H groups in total. The number of nitrogens with one attached hydrogen (secondary N) is 4. The summed E-state index contributed by atoms with van der Waals surface area (Å²) < 4.78 is 2.03. The van der Waals surface area contributed by atoms with Gasteiger partial charge in [0, 0.05) is 42.3 Å². The second kappa shape index (κ2) is 11.3. The number of nitrogens with zero attached hydrogens (tertiary/aromatic N) is 2. The van der Waals surface area contributed by atoms with Gasteiger partial charge >= 0.3 is 12.0 Å². The number of rotatable bonds is 10. The molecule has 2 saturated carbocycles. The number of carboxylic acids is 1. The normalized spacial score (nSPS) is 21.5. The van der Waals surface area contributed by atoms with Gasteiger partial charge in [-0.2, -0.15) is 0 Å². The zero-order valence-corrected chi connectivity index (χ0v) is 23.7. The molecule has 3 aromatic rings. The summed E-state index contributed by atoms with van der Waals surface area (Å²) in [6.45, 7) is 5.68. The third-order valence-corrected chi connectivity index (χ3v) is 8.54. The number of benzene rings is 1. The van der Waals surface area contributed by atoms with Crippen molar-refractivity contribution in [2.24, 2.45) is 24.8 Å². The van der Waals surface area contributed by atoms with Gasteiger partial charge in [0.25, 0.3) is 0 Å². The smallest absolute Gasteiger partial charge is 0.356 e. The Bertz CT molecular complexity index is 1410. The number of H-pyrrole nitrogens is 1. The molecule has 2 aliphatic carbocycles. The van der Waals surface area contributed by atoms with Crippen LogP contribution in [0.1, 0.15) is 79.6 Å². The van der Waals surface area contributed by atoms with Crippen LogP contribution >= 0.6 is 0 Å². The Hall–Kier alpha value is -3.82. The summed E-state index contributed by atoms with van der Waals surface area (Å²) in [5.41, 5.74) is 2.40. The molecule has 1 aromatic carbocycles. The van der Waals surface area contributed by atoms with Gasteiger partial charge in [-0.25, -0.2) is 14.6 Å². The van der Waals surface area contributed by atoms with Gasteiger partial charge in [0.15, 0.2) is 5.69 Å². The van der Waals surface area contributed by atoms with Crippen molar-refractivity contribution in [1.29, 1.82) is 0 Å². The number of hydrogen-bond acceptors (Lipinski definition) is 4. The monoisotopic (exact) mass is 548 g/mol. The number of aromatic carboxylic acids is 1. The molecule has 2 aromatic heterocycles. The maximum absolute atomic E-state index is 13.7. The van der Waals surface area contributed by atoms with Gasteiger partial charge in [-0.15, -0.1) is 0 Å². The number of para-hydroxylation sites is 1. The van der Waals surface area contributed by atoms with Crippen LogP contribution in [0.2, 0.25) is 0 Å².